The number of benzene rings is 2. The number of nitrogens with zero attached hydrogens (tertiary/aromatic N) is 1. The van der Waals surface area contributed by atoms with Gasteiger partial charge in [0.2, 0.25) is 17.7 Å². The molecule has 2 rings (SSSR count). The van der Waals surface area contributed by atoms with Crippen molar-refractivity contribution in [3.8, 4) is 5.75 Å². The topological polar surface area (TPSA) is 165 Å². The molecule has 3 amide bonds. The van der Waals surface area contributed by atoms with Gasteiger partial charge in [-0.1, -0.05) is 69.2 Å². The molecule has 0 fully saturated rings. The number of amides is 3. The fourth-order valence-electron chi connectivity index (χ4n) is 4.24. The number of hydrogen-bond donors (Lipinski definition) is 5. The van der Waals surface area contributed by atoms with Crippen LogP contribution in [0, 0.1) is 5.92 Å². The molecule has 0 aromatic heterocycles. The van der Waals surface area contributed by atoms with Crippen LogP contribution >= 0.6 is 24.8 Å². The number of phenolic OH excluding ortho intramolecular Hbond substituents is 1. The van der Waals surface area contributed by atoms with Gasteiger partial charge in [-0.05, 0) is 48.6 Å². The second-order valence-corrected chi connectivity index (χ2v) is 9.51. The van der Waals surface area contributed by atoms with E-state index in [9.17, 15) is 19.5 Å². The van der Waals surface area contributed by atoms with Crippen molar-refractivity contribution in [1.29, 1.82) is 0 Å². The lowest BCUT2D eigenvalue weighted by Crippen LogP contribution is -2.58. The number of primary amides is 1. The molecular formula is C28H43Cl2N5O4. The van der Waals surface area contributed by atoms with Gasteiger partial charge in [0.1, 0.15) is 17.8 Å². The lowest BCUT2D eigenvalue weighted by molar-refractivity contribution is -0.145. The predicted octanol–water partition coefficient (Wildman–Crippen LogP) is 2.65. The zero-order valence-corrected chi connectivity index (χ0v) is 24.3. The third-order valence-corrected chi connectivity index (χ3v) is 6.59. The quantitative estimate of drug-likeness (QED) is 0.202. The molecule has 4 atom stereocenters. The van der Waals surface area contributed by atoms with Crippen molar-refractivity contribution >= 4 is 42.5 Å². The van der Waals surface area contributed by atoms with E-state index in [4.69, 9.17) is 17.2 Å². The Labute approximate surface area is 243 Å². The monoisotopic (exact) mass is 583 g/mol. The van der Waals surface area contributed by atoms with Crippen molar-refractivity contribution in [2.45, 2.75) is 70.6 Å². The summed E-state index contributed by atoms with van der Waals surface area (Å²) in [6.07, 6.45) is 2.66. The SMILES string of the molecule is CCC(C)C(C(N)=O)N(Cc1ccccc1)C(=O)C(Cc1ccc(O)cc1)NC(=O)C(N)CCCCN.Cl.Cl. The Morgan fingerprint density at radius 2 is 1.59 bits per heavy atom. The van der Waals surface area contributed by atoms with E-state index in [1.54, 1.807) is 12.1 Å². The van der Waals surface area contributed by atoms with Crippen LogP contribution in [0.5, 0.6) is 5.75 Å². The highest BCUT2D eigenvalue weighted by atomic mass is 35.5. The van der Waals surface area contributed by atoms with Crippen LogP contribution in [0.1, 0.15) is 50.7 Å². The molecule has 39 heavy (non-hydrogen) atoms. The minimum atomic E-state index is -0.993. The van der Waals surface area contributed by atoms with Gasteiger partial charge < -0.3 is 32.5 Å². The molecule has 0 heterocycles. The number of rotatable bonds is 15. The van der Waals surface area contributed by atoms with Crippen LogP contribution in [-0.2, 0) is 27.3 Å². The van der Waals surface area contributed by atoms with Gasteiger partial charge in [0, 0.05) is 13.0 Å². The van der Waals surface area contributed by atoms with Crippen molar-refractivity contribution in [3.63, 3.8) is 0 Å². The van der Waals surface area contributed by atoms with Gasteiger partial charge in [-0.15, -0.1) is 24.8 Å². The zero-order valence-electron chi connectivity index (χ0n) is 22.6. The average Bonchev–Trinajstić information content (AvgIpc) is 2.89. The van der Waals surface area contributed by atoms with E-state index in [0.717, 1.165) is 17.5 Å². The van der Waals surface area contributed by atoms with Gasteiger partial charge in [-0.25, -0.2) is 0 Å². The number of carbonyl (C=O) groups excluding carboxylic acids is 3. The van der Waals surface area contributed by atoms with Crippen LogP contribution in [0.15, 0.2) is 54.6 Å². The summed E-state index contributed by atoms with van der Waals surface area (Å²) in [6, 6.07) is 13.1. The Kier molecular flexibility index (Phi) is 17.1. The van der Waals surface area contributed by atoms with Gasteiger partial charge >= 0.3 is 0 Å². The maximum atomic E-state index is 14.1. The molecule has 2 aromatic rings. The lowest BCUT2D eigenvalue weighted by atomic mass is 9.94. The fraction of sp³-hybridized carbons (Fsp3) is 0.464. The summed E-state index contributed by atoms with van der Waals surface area (Å²) in [5.41, 5.74) is 19.0. The van der Waals surface area contributed by atoms with E-state index in [-0.39, 0.29) is 49.4 Å². The van der Waals surface area contributed by atoms with Crippen LogP contribution in [0.4, 0.5) is 0 Å². The largest absolute Gasteiger partial charge is 0.508 e. The van der Waals surface area contributed by atoms with E-state index in [2.05, 4.69) is 5.32 Å². The Morgan fingerprint density at radius 3 is 2.13 bits per heavy atom. The first-order valence-corrected chi connectivity index (χ1v) is 12.9. The fourth-order valence-corrected chi connectivity index (χ4v) is 4.24. The van der Waals surface area contributed by atoms with Crippen molar-refractivity contribution in [1.82, 2.24) is 10.2 Å². The van der Waals surface area contributed by atoms with E-state index in [1.807, 2.05) is 44.2 Å². The number of halogens is 2. The van der Waals surface area contributed by atoms with Crippen LogP contribution in [0.3, 0.4) is 0 Å². The smallest absolute Gasteiger partial charge is 0.246 e. The van der Waals surface area contributed by atoms with Gasteiger partial charge in [0.15, 0.2) is 0 Å². The minimum absolute atomic E-state index is 0. The summed E-state index contributed by atoms with van der Waals surface area (Å²) in [6.45, 7) is 4.47. The van der Waals surface area contributed by atoms with E-state index in [1.165, 1.54) is 17.0 Å². The van der Waals surface area contributed by atoms with Crippen molar-refractivity contribution in [3.05, 3.63) is 65.7 Å². The lowest BCUT2D eigenvalue weighted by Gasteiger charge is -2.36. The normalized spacial score (nSPS) is 13.5. The highest BCUT2D eigenvalue weighted by Gasteiger charge is 2.36. The highest BCUT2D eigenvalue weighted by molar-refractivity contribution is 5.93. The Bertz CT molecular complexity index is 1010. The first-order valence-electron chi connectivity index (χ1n) is 12.9. The minimum Gasteiger partial charge on any atom is -0.508 e. The van der Waals surface area contributed by atoms with Crippen molar-refractivity contribution < 1.29 is 19.5 Å². The number of carbonyl (C=O) groups is 3. The van der Waals surface area contributed by atoms with Crippen LogP contribution in [-0.4, -0.2) is 52.4 Å². The molecule has 0 bridgehead atoms. The molecule has 4 unspecified atom stereocenters. The average molecular weight is 585 g/mol. The molecule has 0 aliphatic carbocycles. The Morgan fingerprint density at radius 1 is 0.974 bits per heavy atom. The summed E-state index contributed by atoms with van der Waals surface area (Å²) in [7, 11) is 0. The van der Waals surface area contributed by atoms with Crippen molar-refractivity contribution in [2.24, 2.45) is 23.1 Å². The summed E-state index contributed by atoms with van der Waals surface area (Å²) in [5, 5.41) is 12.5. The number of phenols is 1. The summed E-state index contributed by atoms with van der Waals surface area (Å²) in [4.78, 5) is 41.2. The molecule has 0 aliphatic heterocycles. The first kappa shape index (κ1) is 36.1. The molecule has 0 radical (unpaired) electrons. The zero-order chi connectivity index (χ0) is 27.4. The van der Waals surface area contributed by atoms with E-state index < -0.39 is 35.8 Å². The number of unbranched alkanes of at least 4 members (excludes halogenated alkanes) is 1. The third kappa shape index (κ3) is 11.4. The molecular weight excluding hydrogens is 541 g/mol. The van der Waals surface area contributed by atoms with Crippen LogP contribution < -0.4 is 22.5 Å². The number of nitrogens with two attached hydrogens (primary N) is 3. The van der Waals surface area contributed by atoms with Gasteiger partial charge in [-0.2, -0.15) is 0 Å². The van der Waals surface area contributed by atoms with E-state index >= 15 is 0 Å². The Hall–Kier alpha value is -2.85. The van der Waals surface area contributed by atoms with Crippen LogP contribution in [0.25, 0.3) is 0 Å². The third-order valence-electron chi connectivity index (χ3n) is 6.59. The van der Waals surface area contributed by atoms with Crippen molar-refractivity contribution in [2.75, 3.05) is 6.54 Å². The molecule has 0 saturated carbocycles. The maximum Gasteiger partial charge on any atom is 0.246 e. The molecule has 0 saturated heterocycles. The van der Waals surface area contributed by atoms with Gasteiger partial charge in [0.25, 0.3) is 0 Å². The van der Waals surface area contributed by atoms with Gasteiger partial charge in [-0.3, -0.25) is 14.4 Å². The molecule has 11 heteroatoms. The molecule has 0 aliphatic rings. The van der Waals surface area contributed by atoms with Crippen LogP contribution in [0.2, 0.25) is 0 Å². The molecule has 0 spiro atoms. The molecule has 9 nitrogen and oxygen atoms in total. The summed E-state index contributed by atoms with van der Waals surface area (Å²) in [5.74, 6) is -1.59. The summed E-state index contributed by atoms with van der Waals surface area (Å²) >= 11 is 0. The highest BCUT2D eigenvalue weighted by Crippen LogP contribution is 2.21. The second-order valence-electron chi connectivity index (χ2n) is 9.51. The second kappa shape index (κ2) is 18.4. The summed E-state index contributed by atoms with van der Waals surface area (Å²) < 4.78 is 0. The molecule has 2 aromatic carbocycles. The maximum absolute atomic E-state index is 14.1. The van der Waals surface area contributed by atoms with E-state index in [0.29, 0.717) is 25.8 Å². The number of hydrogen-bond acceptors (Lipinski definition) is 6. The number of nitrogens with one attached hydrogen (secondary N) is 1. The standard InChI is InChI=1S/C28H41N5O4.2ClH/c1-3-19(2)25(26(31)35)33(18-21-9-5-4-6-10-21)28(37)24(17-20-12-14-22(34)15-13-20)32-27(36)23(30)11-7-8-16-29;;/h4-6,9-10,12-15,19,23-25,34H,3,7-8,11,16-18,29-30H2,1-2H3,(H2,31,35)(H,32,36);2*1H. The molecule has 8 N–H and O–H groups in total. The Balaban J connectivity index is 0.00000722. The first-order chi connectivity index (χ1) is 17.7. The molecule has 218 valence electrons. The predicted molar refractivity (Wildman–Crippen MR) is 159 cm³/mol. The van der Waals surface area contributed by atoms with Gasteiger partial charge in [0.05, 0.1) is 6.04 Å². The number of aromatic hydroxyl groups is 1.